The summed E-state index contributed by atoms with van der Waals surface area (Å²) in [5.41, 5.74) is 6.47. The van der Waals surface area contributed by atoms with Gasteiger partial charge in [0.25, 0.3) is 0 Å². The molecule has 1 unspecified atom stereocenters. The Labute approximate surface area is 110 Å². The van der Waals surface area contributed by atoms with Crippen molar-refractivity contribution in [3.63, 3.8) is 0 Å². The topological polar surface area (TPSA) is 70.8 Å². The van der Waals surface area contributed by atoms with Crippen molar-refractivity contribution in [2.24, 2.45) is 5.73 Å². The summed E-state index contributed by atoms with van der Waals surface area (Å²) in [6.45, 7) is 1.65. The first-order valence-electron chi connectivity index (χ1n) is 6.37. The summed E-state index contributed by atoms with van der Waals surface area (Å²) in [4.78, 5) is 6.45. The van der Waals surface area contributed by atoms with Crippen LogP contribution in [0, 0.1) is 5.82 Å². The Balaban J connectivity index is 1.73. The van der Waals surface area contributed by atoms with Crippen LogP contribution in [0.2, 0.25) is 0 Å². The normalized spacial score (nSPS) is 19.1. The van der Waals surface area contributed by atoms with Crippen LogP contribution in [0.5, 0.6) is 0 Å². The molecule has 0 saturated carbocycles. The van der Waals surface area contributed by atoms with Crippen molar-refractivity contribution < 1.29 is 4.39 Å². The summed E-state index contributed by atoms with van der Waals surface area (Å²) in [6, 6.07) is 6.88. The average Bonchev–Trinajstić information content (AvgIpc) is 3.01. The molecule has 2 heterocycles. The molecule has 0 amide bonds. The number of hydrogen-bond acceptors (Lipinski definition) is 4. The molecule has 3 N–H and O–H groups in total. The van der Waals surface area contributed by atoms with Gasteiger partial charge in [0.2, 0.25) is 5.95 Å². The van der Waals surface area contributed by atoms with Gasteiger partial charge < -0.3 is 10.6 Å². The lowest BCUT2D eigenvalue weighted by Crippen LogP contribution is -2.27. The van der Waals surface area contributed by atoms with Gasteiger partial charge in [-0.2, -0.15) is 4.98 Å². The molecule has 0 aliphatic carbocycles. The van der Waals surface area contributed by atoms with Crippen molar-refractivity contribution in [2.45, 2.75) is 18.9 Å². The zero-order chi connectivity index (χ0) is 13.2. The number of H-pyrrole nitrogens is 1. The zero-order valence-electron chi connectivity index (χ0n) is 10.5. The highest BCUT2D eigenvalue weighted by atomic mass is 19.1. The average molecular weight is 261 g/mol. The van der Waals surface area contributed by atoms with E-state index < -0.39 is 0 Å². The quantitative estimate of drug-likeness (QED) is 0.867. The molecule has 1 aliphatic heterocycles. The SMILES string of the molecule is NC1CCN(c2n[nH]c(Cc3ccccc3F)n2)C1. The van der Waals surface area contributed by atoms with Gasteiger partial charge in [-0.15, -0.1) is 5.10 Å². The summed E-state index contributed by atoms with van der Waals surface area (Å²) in [5, 5.41) is 7.03. The van der Waals surface area contributed by atoms with Crippen LogP contribution in [0.25, 0.3) is 0 Å². The highest BCUT2D eigenvalue weighted by Gasteiger charge is 2.22. The molecule has 5 nitrogen and oxygen atoms in total. The fraction of sp³-hybridized carbons (Fsp3) is 0.385. The number of aromatic nitrogens is 3. The Morgan fingerprint density at radius 2 is 2.26 bits per heavy atom. The molecule has 0 bridgehead atoms. The van der Waals surface area contributed by atoms with E-state index in [1.807, 2.05) is 11.0 Å². The van der Waals surface area contributed by atoms with Gasteiger partial charge >= 0.3 is 0 Å². The number of rotatable bonds is 3. The van der Waals surface area contributed by atoms with Crippen LogP contribution in [0.1, 0.15) is 17.8 Å². The number of anilines is 1. The summed E-state index contributed by atoms with van der Waals surface area (Å²) in [6.07, 6.45) is 1.37. The third-order valence-electron chi connectivity index (χ3n) is 3.34. The van der Waals surface area contributed by atoms with Gasteiger partial charge in [-0.3, -0.25) is 5.10 Å². The van der Waals surface area contributed by atoms with Gasteiger partial charge in [-0.1, -0.05) is 18.2 Å². The number of nitrogens with zero attached hydrogens (tertiary/aromatic N) is 3. The molecule has 0 spiro atoms. The largest absolute Gasteiger partial charge is 0.338 e. The van der Waals surface area contributed by atoms with E-state index in [1.54, 1.807) is 12.1 Å². The highest BCUT2D eigenvalue weighted by Crippen LogP contribution is 2.16. The number of nitrogens with two attached hydrogens (primary N) is 1. The predicted octanol–water partition coefficient (Wildman–Crippen LogP) is 1.07. The minimum absolute atomic E-state index is 0.188. The maximum absolute atomic E-state index is 13.5. The van der Waals surface area contributed by atoms with E-state index in [4.69, 9.17) is 5.73 Å². The van der Waals surface area contributed by atoms with Crippen LogP contribution in [0.3, 0.4) is 0 Å². The molecule has 100 valence electrons. The van der Waals surface area contributed by atoms with Crippen molar-refractivity contribution in [1.82, 2.24) is 15.2 Å². The van der Waals surface area contributed by atoms with E-state index in [-0.39, 0.29) is 11.9 Å². The van der Waals surface area contributed by atoms with Crippen LogP contribution < -0.4 is 10.6 Å². The molecule has 1 aromatic heterocycles. The van der Waals surface area contributed by atoms with Crippen LogP contribution in [0.4, 0.5) is 10.3 Å². The van der Waals surface area contributed by atoms with Crippen molar-refractivity contribution in [3.8, 4) is 0 Å². The van der Waals surface area contributed by atoms with Gasteiger partial charge in [-0.05, 0) is 18.1 Å². The standard InChI is InChI=1S/C13H16FN5/c14-11-4-2-1-3-9(11)7-12-16-13(18-17-12)19-6-5-10(15)8-19/h1-4,10H,5-8,15H2,(H,16,17,18). The maximum atomic E-state index is 13.5. The van der Waals surface area contributed by atoms with E-state index in [1.165, 1.54) is 6.07 Å². The smallest absolute Gasteiger partial charge is 0.244 e. The molecular formula is C13H16FN5. The second-order valence-electron chi connectivity index (χ2n) is 4.85. The van der Waals surface area contributed by atoms with Crippen LogP contribution in [-0.4, -0.2) is 34.3 Å². The van der Waals surface area contributed by atoms with E-state index in [0.29, 0.717) is 23.8 Å². The van der Waals surface area contributed by atoms with E-state index in [0.717, 1.165) is 19.5 Å². The fourth-order valence-electron chi connectivity index (χ4n) is 2.30. The minimum Gasteiger partial charge on any atom is -0.338 e. The van der Waals surface area contributed by atoms with Crippen molar-refractivity contribution in [2.75, 3.05) is 18.0 Å². The minimum atomic E-state index is -0.219. The number of nitrogens with one attached hydrogen (secondary N) is 1. The molecule has 0 radical (unpaired) electrons. The lowest BCUT2D eigenvalue weighted by Gasteiger charge is -2.11. The van der Waals surface area contributed by atoms with Crippen LogP contribution in [0.15, 0.2) is 24.3 Å². The summed E-state index contributed by atoms with van der Waals surface area (Å²) in [7, 11) is 0. The van der Waals surface area contributed by atoms with Crippen molar-refractivity contribution in [3.05, 3.63) is 41.5 Å². The Hall–Kier alpha value is -1.95. The Kier molecular flexibility index (Phi) is 3.16. The van der Waals surface area contributed by atoms with Gasteiger partial charge in [0, 0.05) is 25.6 Å². The molecule has 19 heavy (non-hydrogen) atoms. The molecule has 3 rings (SSSR count). The summed E-state index contributed by atoms with van der Waals surface area (Å²) < 4.78 is 13.5. The Bertz CT molecular complexity index is 568. The number of halogens is 1. The van der Waals surface area contributed by atoms with E-state index >= 15 is 0 Å². The second-order valence-corrected chi connectivity index (χ2v) is 4.85. The lowest BCUT2D eigenvalue weighted by atomic mass is 10.1. The lowest BCUT2D eigenvalue weighted by molar-refractivity contribution is 0.612. The third kappa shape index (κ3) is 2.58. The first kappa shape index (κ1) is 12.1. The first-order chi connectivity index (χ1) is 9.22. The van der Waals surface area contributed by atoms with Crippen molar-refractivity contribution in [1.29, 1.82) is 0 Å². The van der Waals surface area contributed by atoms with Crippen molar-refractivity contribution >= 4 is 5.95 Å². The second kappa shape index (κ2) is 4.97. The number of aromatic amines is 1. The number of benzene rings is 1. The molecule has 1 aliphatic rings. The highest BCUT2D eigenvalue weighted by molar-refractivity contribution is 5.32. The van der Waals surface area contributed by atoms with Gasteiger partial charge in [-0.25, -0.2) is 4.39 Å². The van der Waals surface area contributed by atoms with E-state index in [2.05, 4.69) is 15.2 Å². The molecule has 1 fully saturated rings. The zero-order valence-corrected chi connectivity index (χ0v) is 10.5. The number of hydrogen-bond donors (Lipinski definition) is 2. The molecule has 1 atom stereocenters. The Morgan fingerprint density at radius 1 is 1.42 bits per heavy atom. The van der Waals surface area contributed by atoms with Crippen LogP contribution in [-0.2, 0) is 6.42 Å². The molecular weight excluding hydrogens is 245 g/mol. The predicted molar refractivity (Wildman–Crippen MR) is 70.4 cm³/mol. The maximum Gasteiger partial charge on any atom is 0.244 e. The van der Waals surface area contributed by atoms with Gasteiger partial charge in [0.05, 0.1) is 0 Å². The summed E-state index contributed by atoms with van der Waals surface area (Å²) in [5.74, 6) is 1.10. The molecule has 1 saturated heterocycles. The Morgan fingerprint density at radius 3 is 3.00 bits per heavy atom. The van der Waals surface area contributed by atoms with Gasteiger partial charge in [0.1, 0.15) is 11.6 Å². The fourth-order valence-corrected chi connectivity index (χ4v) is 2.30. The van der Waals surface area contributed by atoms with E-state index in [9.17, 15) is 4.39 Å². The monoisotopic (exact) mass is 261 g/mol. The molecule has 2 aromatic rings. The molecule has 6 heteroatoms. The first-order valence-corrected chi connectivity index (χ1v) is 6.37. The van der Waals surface area contributed by atoms with Gasteiger partial charge in [0.15, 0.2) is 0 Å². The third-order valence-corrected chi connectivity index (χ3v) is 3.34. The van der Waals surface area contributed by atoms with Crippen LogP contribution >= 0.6 is 0 Å². The molecule has 1 aromatic carbocycles. The summed E-state index contributed by atoms with van der Waals surface area (Å²) >= 11 is 0.